The lowest BCUT2D eigenvalue weighted by molar-refractivity contribution is 0.0677. The Morgan fingerprint density at radius 1 is 1.20 bits per heavy atom. The Labute approximate surface area is 150 Å². The third kappa shape index (κ3) is 4.01. The van der Waals surface area contributed by atoms with Gasteiger partial charge in [0.1, 0.15) is 5.69 Å². The first-order chi connectivity index (χ1) is 11.9. The Kier molecular flexibility index (Phi) is 5.07. The van der Waals surface area contributed by atoms with Crippen LogP contribution in [0, 0.1) is 26.7 Å². The lowest BCUT2D eigenvalue weighted by Crippen LogP contribution is -2.39. The van der Waals surface area contributed by atoms with Gasteiger partial charge in [0.2, 0.25) is 0 Å². The molecular formula is C21H27N3O. The zero-order valence-electron chi connectivity index (χ0n) is 15.6. The second-order valence-corrected chi connectivity index (χ2v) is 7.33. The molecule has 1 aliphatic heterocycles. The Hall–Kier alpha value is -2.36. The van der Waals surface area contributed by atoms with E-state index in [4.69, 9.17) is 0 Å². The minimum atomic E-state index is 0.0424. The second kappa shape index (κ2) is 7.26. The van der Waals surface area contributed by atoms with Crippen LogP contribution in [-0.4, -0.2) is 28.9 Å². The summed E-state index contributed by atoms with van der Waals surface area (Å²) in [7, 11) is 0. The van der Waals surface area contributed by atoms with Crippen molar-refractivity contribution in [3.8, 4) is 0 Å². The molecule has 1 aromatic carbocycles. The zero-order chi connectivity index (χ0) is 18.0. The number of anilines is 2. The van der Waals surface area contributed by atoms with E-state index in [0.29, 0.717) is 11.6 Å². The highest BCUT2D eigenvalue weighted by atomic mass is 16.2. The molecule has 1 N–H and O–H groups in total. The predicted molar refractivity (Wildman–Crippen MR) is 102 cm³/mol. The summed E-state index contributed by atoms with van der Waals surface area (Å²) in [4.78, 5) is 18.9. The van der Waals surface area contributed by atoms with Crippen molar-refractivity contribution in [2.45, 2.75) is 40.5 Å². The van der Waals surface area contributed by atoms with Crippen molar-refractivity contribution >= 4 is 17.3 Å². The Morgan fingerprint density at radius 2 is 1.92 bits per heavy atom. The van der Waals surface area contributed by atoms with Crippen molar-refractivity contribution < 1.29 is 4.79 Å². The number of benzene rings is 1. The topological polar surface area (TPSA) is 45.2 Å². The third-order valence-electron chi connectivity index (χ3n) is 4.87. The Balaban J connectivity index is 1.73. The summed E-state index contributed by atoms with van der Waals surface area (Å²) in [6.07, 6.45) is 4.03. The quantitative estimate of drug-likeness (QED) is 0.888. The van der Waals surface area contributed by atoms with Crippen LogP contribution in [0.5, 0.6) is 0 Å². The molecule has 132 valence electrons. The van der Waals surface area contributed by atoms with Crippen LogP contribution in [0.1, 0.15) is 46.9 Å². The summed E-state index contributed by atoms with van der Waals surface area (Å²) >= 11 is 0. The van der Waals surface area contributed by atoms with Crippen LogP contribution < -0.4 is 5.32 Å². The molecule has 1 fully saturated rings. The van der Waals surface area contributed by atoms with Gasteiger partial charge in [-0.15, -0.1) is 0 Å². The highest BCUT2D eigenvalue weighted by Gasteiger charge is 2.22. The van der Waals surface area contributed by atoms with E-state index in [1.807, 2.05) is 17.0 Å². The number of hydrogen-bond acceptors (Lipinski definition) is 3. The monoisotopic (exact) mass is 337 g/mol. The molecule has 3 rings (SSSR count). The summed E-state index contributed by atoms with van der Waals surface area (Å²) in [6.45, 7) is 10.2. The average Bonchev–Trinajstić information content (AvgIpc) is 2.58. The largest absolute Gasteiger partial charge is 0.354 e. The van der Waals surface area contributed by atoms with Gasteiger partial charge in [0.15, 0.2) is 0 Å². The van der Waals surface area contributed by atoms with E-state index >= 15 is 0 Å². The second-order valence-electron chi connectivity index (χ2n) is 7.33. The maximum atomic E-state index is 12.6. The van der Waals surface area contributed by atoms with Crippen LogP contribution in [0.4, 0.5) is 11.4 Å². The van der Waals surface area contributed by atoms with Gasteiger partial charge in [0.05, 0.1) is 11.9 Å². The molecule has 4 nitrogen and oxygen atoms in total. The van der Waals surface area contributed by atoms with Crippen LogP contribution in [0.25, 0.3) is 0 Å². The first-order valence-corrected chi connectivity index (χ1v) is 9.04. The van der Waals surface area contributed by atoms with Gasteiger partial charge < -0.3 is 10.2 Å². The number of aryl methyl sites for hydroxylation is 3. The van der Waals surface area contributed by atoms with Gasteiger partial charge in [-0.3, -0.25) is 4.79 Å². The smallest absolute Gasteiger partial charge is 0.272 e. The SMILES string of the molecule is Cc1cc(C)c(Nc2ccc(C(=O)N3CCCC(C)C3)nc2)c(C)c1. The van der Waals surface area contributed by atoms with Gasteiger partial charge >= 0.3 is 0 Å². The van der Waals surface area contributed by atoms with Crippen LogP contribution in [0.2, 0.25) is 0 Å². The molecule has 0 bridgehead atoms. The molecule has 2 heterocycles. The highest BCUT2D eigenvalue weighted by Crippen LogP contribution is 2.26. The molecule has 2 aromatic rings. The molecule has 1 aliphatic rings. The summed E-state index contributed by atoms with van der Waals surface area (Å²) in [5.41, 5.74) is 6.21. The number of nitrogens with zero attached hydrogens (tertiary/aromatic N) is 2. The van der Waals surface area contributed by atoms with Crippen molar-refractivity contribution in [3.05, 3.63) is 52.8 Å². The van der Waals surface area contributed by atoms with Crippen LogP contribution >= 0.6 is 0 Å². The number of carbonyl (C=O) groups is 1. The van der Waals surface area contributed by atoms with Crippen LogP contribution in [0.3, 0.4) is 0 Å². The zero-order valence-corrected chi connectivity index (χ0v) is 15.6. The van der Waals surface area contributed by atoms with Gasteiger partial charge in [-0.25, -0.2) is 4.98 Å². The number of carbonyl (C=O) groups excluding carboxylic acids is 1. The first kappa shape index (κ1) is 17.5. The third-order valence-corrected chi connectivity index (χ3v) is 4.87. The van der Waals surface area contributed by atoms with E-state index in [9.17, 15) is 4.79 Å². The number of hydrogen-bond donors (Lipinski definition) is 1. The molecule has 0 saturated carbocycles. The van der Waals surface area contributed by atoms with E-state index < -0.39 is 0 Å². The lowest BCUT2D eigenvalue weighted by atomic mass is 10.00. The van der Waals surface area contributed by atoms with E-state index in [2.05, 4.69) is 50.1 Å². The first-order valence-electron chi connectivity index (χ1n) is 9.04. The van der Waals surface area contributed by atoms with Gasteiger partial charge in [-0.1, -0.05) is 24.6 Å². The molecule has 0 radical (unpaired) electrons. The number of amides is 1. The van der Waals surface area contributed by atoms with Gasteiger partial charge in [-0.2, -0.15) is 0 Å². The Bertz CT molecular complexity index is 744. The maximum absolute atomic E-state index is 12.6. The minimum absolute atomic E-state index is 0.0424. The van der Waals surface area contributed by atoms with Crippen molar-refractivity contribution in [1.82, 2.24) is 9.88 Å². The molecule has 1 atom stereocenters. The van der Waals surface area contributed by atoms with E-state index in [1.165, 1.54) is 23.1 Å². The molecule has 1 amide bonds. The number of rotatable bonds is 3. The molecule has 1 saturated heterocycles. The van der Waals surface area contributed by atoms with Crippen molar-refractivity contribution in [1.29, 1.82) is 0 Å². The van der Waals surface area contributed by atoms with Crippen molar-refractivity contribution in [2.24, 2.45) is 5.92 Å². The standard InChI is InChI=1S/C21H27N3O/c1-14-6-5-9-24(13-14)21(25)19-8-7-18(12-22-19)23-20-16(3)10-15(2)11-17(20)4/h7-8,10-12,14,23H,5-6,9,13H2,1-4H3. The summed E-state index contributed by atoms with van der Waals surface area (Å²) in [5, 5.41) is 3.43. The minimum Gasteiger partial charge on any atom is -0.354 e. The van der Waals surface area contributed by atoms with Crippen molar-refractivity contribution in [3.63, 3.8) is 0 Å². The molecular weight excluding hydrogens is 310 g/mol. The predicted octanol–water partition coefficient (Wildman–Crippen LogP) is 4.62. The molecule has 25 heavy (non-hydrogen) atoms. The summed E-state index contributed by atoms with van der Waals surface area (Å²) < 4.78 is 0. The number of pyridine rings is 1. The highest BCUT2D eigenvalue weighted by molar-refractivity contribution is 5.92. The van der Waals surface area contributed by atoms with Crippen LogP contribution in [-0.2, 0) is 0 Å². The van der Waals surface area contributed by atoms with Crippen molar-refractivity contribution in [2.75, 3.05) is 18.4 Å². The lowest BCUT2D eigenvalue weighted by Gasteiger charge is -2.30. The number of piperidine rings is 1. The van der Waals surface area contributed by atoms with Gasteiger partial charge in [0, 0.05) is 18.8 Å². The molecule has 1 unspecified atom stereocenters. The fourth-order valence-corrected chi connectivity index (χ4v) is 3.65. The molecule has 1 aromatic heterocycles. The number of aromatic nitrogens is 1. The number of likely N-dealkylation sites (tertiary alicyclic amines) is 1. The fourth-order valence-electron chi connectivity index (χ4n) is 3.65. The summed E-state index contributed by atoms with van der Waals surface area (Å²) in [5.74, 6) is 0.618. The number of nitrogens with one attached hydrogen (secondary N) is 1. The fraction of sp³-hybridized carbons (Fsp3) is 0.429. The van der Waals surface area contributed by atoms with E-state index in [0.717, 1.165) is 30.9 Å². The normalized spacial score (nSPS) is 17.4. The average molecular weight is 337 g/mol. The Morgan fingerprint density at radius 3 is 2.52 bits per heavy atom. The van der Waals surface area contributed by atoms with Gasteiger partial charge in [-0.05, 0) is 62.8 Å². The molecule has 4 heteroatoms. The van der Waals surface area contributed by atoms with E-state index in [1.54, 1.807) is 6.20 Å². The van der Waals surface area contributed by atoms with Crippen LogP contribution in [0.15, 0.2) is 30.5 Å². The maximum Gasteiger partial charge on any atom is 0.272 e. The van der Waals surface area contributed by atoms with Gasteiger partial charge in [0.25, 0.3) is 5.91 Å². The molecule has 0 spiro atoms. The van der Waals surface area contributed by atoms with E-state index in [-0.39, 0.29) is 5.91 Å². The molecule has 0 aliphatic carbocycles. The summed E-state index contributed by atoms with van der Waals surface area (Å²) in [6, 6.07) is 8.09.